The van der Waals surface area contributed by atoms with Gasteiger partial charge in [-0.25, -0.2) is 4.98 Å². The number of aryl methyl sites for hydroxylation is 3. The molecule has 4 rings (SSSR count). The third-order valence-corrected chi connectivity index (χ3v) is 5.86. The molecule has 1 aliphatic heterocycles. The molecule has 3 heterocycles. The van der Waals surface area contributed by atoms with Crippen LogP contribution < -0.4 is 5.32 Å². The predicted molar refractivity (Wildman–Crippen MR) is 99.2 cm³/mol. The quantitative estimate of drug-likeness (QED) is 0.881. The minimum Gasteiger partial charge on any atom is -0.361 e. The van der Waals surface area contributed by atoms with Crippen molar-refractivity contribution in [1.29, 1.82) is 0 Å². The first kappa shape index (κ1) is 18.9. The zero-order chi connectivity index (χ0) is 17.6. The number of hydrogen-bond donors (Lipinski definition) is 1. The number of carbonyl (C=O) groups excluding carboxylic acids is 1. The van der Waals surface area contributed by atoms with E-state index in [9.17, 15) is 4.79 Å². The van der Waals surface area contributed by atoms with Gasteiger partial charge in [-0.3, -0.25) is 4.79 Å². The monoisotopic (exact) mass is 379 g/mol. The van der Waals surface area contributed by atoms with Crippen LogP contribution in [0.4, 0.5) is 0 Å². The zero-order valence-electron chi connectivity index (χ0n) is 15.5. The summed E-state index contributed by atoms with van der Waals surface area (Å²) in [7, 11) is 1.97. The third-order valence-electron chi connectivity index (χ3n) is 5.86. The lowest BCUT2D eigenvalue weighted by molar-refractivity contribution is 0.0683. The summed E-state index contributed by atoms with van der Waals surface area (Å²) >= 11 is 0. The van der Waals surface area contributed by atoms with Gasteiger partial charge in [0.2, 0.25) is 0 Å². The van der Waals surface area contributed by atoms with Gasteiger partial charge in [-0.15, -0.1) is 12.4 Å². The summed E-state index contributed by atoms with van der Waals surface area (Å²) in [5.41, 5.74) is 1.53. The first-order chi connectivity index (χ1) is 12.0. The van der Waals surface area contributed by atoms with Gasteiger partial charge in [0.25, 0.3) is 5.91 Å². The summed E-state index contributed by atoms with van der Waals surface area (Å²) in [6.07, 6.45) is 7.03. The lowest BCUT2D eigenvalue weighted by Crippen LogP contribution is -2.40. The predicted octanol–water partition coefficient (Wildman–Crippen LogP) is 2.23. The van der Waals surface area contributed by atoms with Gasteiger partial charge in [-0.05, 0) is 51.6 Å². The van der Waals surface area contributed by atoms with Crippen LogP contribution in [0.25, 0.3) is 0 Å². The smallest absolute Gasteiger partial charge is 0.260 e. The number of rotatable bonds is 4. The number of nitrogens with one attached hydrogen (secondary N) is 1. The number of aromatic nitrogens is 3. The number of halogens is 1. The average molecular weight is 380 g/mol. The molecule has 1 N–H and O–H groups in total. The number of amides is 1. The van der Waals surface area contributed by atoms with Crippen LogP contribution in [0, 0.1) is 19.3 Å². The Morgan fingerprint density at radius 1 is 1.42 bits per heavy atom. The third kappa shape index (κ3) is 3.14. The van der Waals surface area contributed by atoms with Crippen molar-refractivity contribution in [3.63, 3.8) is 0 Å². The lowest BCUT2D eigenvalue weighted by Gasteiger charge is -2.29. The number of nitrogens with zero attached hydrogens (tertiary/aromatic N) is 4. The molecule has 1 amide bonds. The van der Waals surface area contributed by atoms with Crippen LogP contribution in [0.3, 0.4) is 0 Å². The second-order valence-corrected chi connectivity index (χ2v) is 7.42. The highest BCUT2D eigenvalue weighted by molar-refractivity contribution is 5.96. The molecule has 1 atom stereocenters. The van der Waals surface area contributed by atoms with E-state index in [0.29, 0.717) is 23.6 Å². The van der Waals surface area contributed by atoms with Crippen molar-refractivity contribution in [3.05, 3.63) is 35.2 Å². The summed E-state index contributed by atoms with van der Waals surface area (Å²) in [4.78, 5) is 19.8. The normalized spacial score (nSPS) is 20.7. The molecule has 0 aromatic carbocycles. The molecule has 1 spiro atoms. The molecular weight excluding hydrogens is 354 g/mol. The minimum atomic E-state index is 0. The van der Waals surface area contributed by atoms with E-state index in [-0.39, 0.29) is 29.8 Å². The van der Waals surface area contributed by atoms with Crippen molar-refractivity contribution in [2.45, 2.75) is 45.7 Å². The summed E-state index contributed by atoms with van der Waals surface area (Å²) < 4.78 is 7.21. The SMILES string of the molecule is Cc1noc(C)c1C(=O)N(Cc1nccn1C)C1CC12CCNCC2.Cl. The van der Waals surface area contributed by atoms with Crippen molar-refractivity contribution in [2.24, 2.45) is 12.5 Å². The van der Waals surface area contributed by atoms with E-state index in [1.54, 1.807) is 13.1 Å². The summed E-state index contributed by atoms with van der Waals surface area (Å²) in [6.45, 7) is 6.22. The number of piperidine rings is 1. The Morgan fingerprint density at radius 2 is 2.15 bits per heavy atom. The Morgan fingerprint density at radius 3 is 2.73 bits per heavy atom. The number of carbonyl (C=O) groups is 1. The molecule has 2 aromatic rings. The molecule has 2 aliphatic rings. The molecule has 1 saturated carbocycles. The highest BCUT2D eigenvalue weighted by atomic mass is 35.5. The number of hydrogen-bond acceptors (Lipinski definition) is 5. The van der Waals surface area contributed by atoms with Crippen molar-refractivity contribution >= 4 is 18.3 Å². The van der Waals surface area contributed by atoms with Crippen molar-refractivity contribution < 1.29 is 9.32 Å². The van der Waals surface area contributed by atoms with E-state index in [4.69, 9.17) is 4.52 Å². The fourth-order valence-corrected chi connectivity index (χ4v) is 4.19. The van der Waals surface area contributed by atoms with E-state index in [0.717, 1.165) is 38.2 Å². The first-order valence-corrected chi connectivity index (χ1v) is 8.92. The van der Waals surface area contributed by atoms with Crippen molar-refractivity contribution in [2.75, 3.05) is 13.1 Å². The molecule has 2 fully saturated rings. The Kier molecular flexibility index (Phi) is 5.12. The Balaban J connectivity index is 0.00000196. The van der Waals surface area contributed by atoms with Gasteiger partial charge in [-0.2, -0.15) is 0 Å². The van der Waals surface area contributed by atoms with Crippen LogP contribution in [0.1, 0.15) is 46.9 Å². The van der Waals surface area contributed by atoms with Crippen LogP contribution in [0.15, 0.2) is 16.9 Å². The van der Waals surface area contributed by atoms with Crippen molar-refractivity contribution in [1.82, 2.24) is 24.9 Å². The van der Waals surface area contributed by atoms with Crippen LogP contribution in [-0.4, -0.2) is 44.6 Å². The molecule has 1 aliphatic carbocycles. The molecule has 2 aromatic heterocycles. The zero-order valence-corrected chi connectivity index (χ0v) is 16.3. The fraction of sp³-hybridized carbons (Fsp3) is 0.611. The minimum absolute atomic E-state index is 0. The van der Waals surface area contributed by atoms with E-state index < -0.39 is 0 Å². The molecule has 8 heteroatoms. The largest absolute Gasteiger partial charge is 0.361 e. The van der Waals surface area contributed by atoms with Gasteiger partial charge in [-0.1, -0.05) is 5.16 Å². The molecular formula is C18H26ClN5O2. The standard InChI is InChI=1S/C18H25N5O2.ClH/c1-12-16(13(2)25-21-12)17(24)23(11-15-20-8-9-22(15)3)14-10-18(14)4-6-19-7-5-18;/h8-9,14,19H,4-7,10-11H2,1-3H3;1H. The van der Waals surface area contributed by atoms with Gasteiger partial charge < -0.3 is 19.3 Å². The first-order valence-electron chi connectivity index (χ1n) is 8.92. The topological polar surface area (TPSA) is 76.2 Å². The molecule has 1 unspecified atom stereocenters. The summed E-state index contributed by atoms with van der Waals surface area (Å²) in [6, 6.07) is 0.271. The molecule has 0 radical (unpaired) electrons. The van der Waals surface area contributed by atoms with Crippen LogP contribution in [-0.2, 0) is 13.6 Å². The van der Waals surface area contributed by atoms with Crippen molar-refractivity contribution in [3.8, 4) is 0 Å². The maximum absolute atomic E-state index is 13.4. The second kappa shape index (κ2) is 7.04. The maximum Gasteiger partial charge on any atom is 0.260 e. The highest BCUT2D eigenvalue weighted by Crippen LogP contribution is 2.56. The molecule has 1 saturated heterocycles. The van der Waals surface area contributed by atoms with E-state index in [1.807, 2.05) is 29.6 Å². The van der Waals surface area contributed by atoms with Crippen LogP contribution in [0.5, 0.6) is 0 Å². The van der Waals surface area contributed by atoms with E-state index >= 15 is 0 Å². The van der Waals surface area contributed by atoms with Crippen LogP contribution in [0.2, 0.25) is 0 Å². The Bertz CT molecular complexity index is 774. The second-order valence-electron chi connectivity index (χ2n) is 7.42. The van der Waals surface area contributed by atoms with E-state index in [2.05, 4.69) is 15.5 Å². The average Bonchev–Trinajstić information content (AvgIpc) is 2.92. The van der Waals surface area contributed by atoms with Crippen LogP contribution >= 0.6 is 12.4 Å². The maximum atomic E-state index is 13.4. The van der Waals surface area contributed by atoms with Gasteiger partial charge >= 0.3 is 0 Å². The summed E-state index contributed by atoms with van der Waals surface area (Å²) in [5.74, 6) is 1.50. The lowest BCUT2D eigenvalue weighted by atomic mass is 9.93. The van der Waals surface area contributed by atoms with Gasteiger partial charge in [0.05, 0.1) is 12.2 Å². The Labute approximate surface area is 159 Å². The fourth-order valence-electron chi connectivity index (χ4n) is 4.19. The molecule has 142 valence electrons. The van der Waals surface area contributed by atoms with E-state index in [1.165, 1.54) is 0 Å². The number of imidazole rings is 1. The van der Waals surface area contributed by atoms with Gasteiger partial charge in [0.15, 0.2) is 0 Å². The highest BCUT2D eigenvalue weighted by Gasteiger charge is 2.58. The molecule has 26 heavy (non-hydrogen) atoms. The summed E-state index contributed by atoms with van der Waals surface area (Å²) in [5, 5.41) is 7.39. The molecule has 7 nitrogen and oxygen atoms in total. The van der Waals surface area contributed by atoms with Gasteiger partial charge in [0, 0.05) is 25.5 Å². The van der Waals surface area contributed by atoms with Gasteiger partial charge in [0.1, 0.15) is 17.1 Å². The Hall–Kier alpha value is -1.86. The molecule has 0 bridgehead atoms.